The van der Waals surface area contributed by atoms with Gasteiger partial charge in [0.05, 0.1) is 25.8 Å². The lowest BCUT2D eigenvalue weighted by Crippen LogP contribution is -2.20. The van der Waals surface area contributed by atoms with Crippen molar-refractivity contribution in [3.63, 3.8) is 0 Å². The normalized spacial score (nSPS) is 11.7. The molecule has 1 atom stereocenters. The molecule has 1 unspecified atom stereocenters. The Kier molecular flexibility index (Phi) is 5.84. The van der Waals surface area contributed by atoms with Crippen LogP contribution in [0.15, 0.2) is 42.5 Å². The molecule has 2 aromatic rings. The minimum atomic E-state index is -0.979. The molecule has 23 heavy (non-hydrogen) atoms. The van der Waals surface area contributed by atoms with Gasteiger partial charge in [-0.3, -0.25) is 0 Å². The lowest BCUT2D eigenvalue weighted by Gasteiger charge is -2.20. The Bertz CT molecular complexity index is 672. The Morgan fingerprint density at radius 2 is 1.91 bits per heavy atom. The smallest absolute Gasteiger partial charge is 0.351 e. The van der Waals surface area contributed by atoms with E-state index in [9.17, 15) is 9.90 Å². The highest BCUT2D eigenvalue weighted by atomic mass is 35.5. The van der Waals surface area contributed by atoms with Crippen LogP contribution in [0.2, 0.25) is 5.02 Å². The second-order valence-corrected chi connectivity index (χ2v) is 5.11. The summed E-state index contributed by atoms with van der Waals surface area (Å²) in [6.45, 7) is -0.185. The van der Waals surface area contributed by atoms with E-state index in [-0.39, 0.29) is 17.4 Å². The van der Waals surface area contributed by atoms with Gasteiger partial charge in [-0.05, 0) is 17.7 Å². The first-order chi connectivity index (χ1) is 11.1. The van der Waals surface area contributed by atoms with Crippen LogP contribution in [-0.4, -0.2) is 25.3 Å². The Morgan fingerprint density at radius 1 is 1.22 bits per heavy atom. The minimum Gasteiger partial charge on any atom is -0.493 e. The molecule has 0 amide bonds. The summed E-state index contributed by atoms with van der Waals surface area (Å²) in [4.78, 5) is 12.1. The molecule has 6 heteroatoms. The van der Waals surface area contributed by atoms with Crippen molar-refractivity contribution < 1.29 is 24.1 Å². The molecule has 122 valence electrons. The van der Waals surface area contributed by atoms with Crippen molar-refractivity contribution in [2.75, 3.05) is 14.2 Å². The van der Waals surface area contributed by atoms with Gasteiger partial charge in [-0.2, -0.15) is 0 Å². The quantitative estimate of drug-likeness (QED) is 0.821. The van der Waals surface area contributed by atoms with Gasteiger partial charge in [-0.1, -0.05) is 41.9 Å². The van der Waals surface area contributed by atoms with Crippen molar-refractivity contribution in [2.24, 2.45) is 0 Å². The summed E-state index contributed by atoms with van der Waals surface area (Å²) in [7, 11) is 2.74. The Balaban J connectivity index is 2.42. The Morgan fingerprint density at radius 3 is 2.48 bits per heavy atom. The highest BCUT2D eigenvalue weighted by Gasteiger charge is 2.26. The molecule has 0 spiro atoms. The average molecular weight is 337 g/mol. The number of carbonyl (C=O) groups is 1. The van der Waals surface area contributed by atoms with Crippen LogP contribution in [-0.2, 0) is 16.1 Å². The first-order valence-electron chi connectivity index (χ1n) is 6.87. The molecule has 0 saturated carbocycles. The molecule has 0 aliphatic heterocycles. The van der Waals surface area contributed by atoms with Crippen molar-refractivity contribution in [1.82, 2.24) is 0 Å². The van der Waals surface area contributed by atoms with Crippen LogP contribution in [0, 0.1) is 0 Å². The third-order valence-corrected chi connectivity index (χ3v) is 3.51. The molecule has 0 aromatic heterocycles. The number of benzene rings is 2. The zero-order chi connectivity index (χ0) is 16.8. The van der Waals surface area contributed by atoms with E-state index in [1.165, 1.54) is 14.2 Å². The lowest BCUT2D eigenvalue weighted by atomic mass is 10.1. The lowest BCUT2D eigenvalue weighted by molar-refractivity contribution is -0.149. The van der Waals surface area contributed by atoms with Gasteiger partial charge < -0.3 is 19.3 Å². The van der Waals surface area contributed by atoms with E-state index in [4.69, 9.17) is 25.8 Å². The topological polar surface area (TPSA) is 65.0 Å². The van der Waals surface area contributed by atoms with E-state index >= 15 is 0 Å². The maximum absolute atomic E-state index is 12.1. The van der Waals surface area contributed by atoms with E-state index < -0.39 is 12.1 Å². The highest BCUT2D eigenvalue weighted by molar-refractivity contribution is 6.32. The molecule has 0 aliphatic carbocycles. The molecule has 0 bridgehead atoms. The van der Waals surface area contributed by atoms with Crippen LogP contribution in [0.5, 0.6) is 11.5 Å². The Hall–Kier alpha value is -2.24. The third kappa shape index (κ3) is 3.94. The maximum Gasteiger partial charge on any atom is 0.351 e. The fraction of sp³-hybridized carbons (Fsp3) is 0.235. The predicted octanol–water partition coefficient (Wildman–Crippen LogP) is 3.13. The van der Waals surface area contributed by atoms with Crippen LogP contribution < -0.4 is 9.47 Å². The van der Waals surface area contributed by atoms with Gasteiger partial charge in [0.25, 0.3) is 0 Å². The number of aliphatic hydroxyl groups is 1. The van der Waals surface area contributed by atoms with Crippen molar-refractivity contribution >= 4 is 17.6 Å². The van der Waals surface area contributed by atoms with E-state index in [1.807, 2.05) is 6.07 Å². The number of halogens is 1. The van der Waals surface area contributed by atoms with Gasteiger partial charge in [0.15, 0.2) is 11.5 Å². The summed E-state index contributed by atoms with van der Waals surface area (Å²) in [6.07, 6.45) is -0.979. The van der Waals surface area contributed by atoms with Crippen molar-refractivity contribution in [1.29, 1.82) is 0 Å². The number of hydrogen-bond donors (Lipinski definition) is 1. The summed E-state index contributed by atoms with van der Waals surface area (Å²) in [6, 6.07) is 12.1. The van der Waals surface area contributed by atoms with Crippen LogP contribution in [0.3, 0.4) is 0 Å². The average Bonchev–Trinajstić information content (AvgIpc) is 2.60. The SMILES string of the molecule is COC(=O)C(Oc1c(Cl)cc(CO)cc1OC)c1ccccc1. The second kappa shape index (κ2) is 7.85. The van der Waals surface area contributed by atoms with E-state index in [0.29, 0.717) is 16.9 Å². The van der Waals surface area contributed by atoms with Crippen LogP contribution in [0.1, 0.15) is 17.2 Å². The van der Waals surface area contributed by atoms with E-state index in [0.717, 1.165) is 0 Å². The Labute approximate surface area is 139 Å². The molecule has 2 rings (SSSR count). The predicted molar refractivity (Wildman–Crippen MR) is 85.8 cm³/mol. The number of methoxy groups -OCH3 is 2. The van der Waals surface area contributed by atoms with Gasteiger partial charge in [0, 0.05) is 5.56 Å². The molecule has 0 aliphatic rings. The largest absolute Gasteiger partial charge is 0.493 e. The summed E-state index contributed by atoms with van der Waals surface area (Å²) >= 11 is 6.20. The summed E-state index contributed by atoms with van der Waals surface area (Å²) < 4.78 is 15.8. The monoisotopic (exact) mass is 336 g/mol. The summed E-state index contributed by atoms with van der Waals surface area (Å²) in [5.74, 6) is -0.0161. The standard InChI is InChI=1S/C17H17ClO5/c1-21-14-9-11(10-19)8-13(18)16(14)23-15(17(20)22-2)12-6-4-3-5-7-12/h3-9,15,19H,10H2,1-2H3. The maximum atomic E-state index is 12.1. The number of rotatable bonds is 6. The summed E-state index contributed by atoms with van der Waals surface area (Å²) in [5, 5.41) is 9.46. The molecule has 5 nitrogen and oxygen atoms in total. The number of ether oxygens (including phenoxy) is 3. The molecule has 0 saturated heterocycles. The van der Waals surface area contributed by atoms with Gasteiger partial charge in [0.1, 0.15) is 0 Å². The molecule has 2 aromatic carbocycles. The van der Waals surface area contributed by atoms with Crippen LogP contribution in [0.4, 0.5) is 0 Å². The van der Waals surface area contributed by atoms with E-state index in [1.54, 1.807) is 36.4 Å². The molecule has 0 fully saturated rings. The zero-order valence-electron chi connectivity index (χ0n) is 12.8. The van der Waals surface area contributed by atoms with Gasteiger partial charge in [-0.15, -0.1) is 0 Å². The molecule has 0 radical (unpaired) electrons. The van der Waals surface area contributed by atoms with Crippen LogP contribution in [0.25, 0.3) is 0 Å². The van der Waals surface area contributed by atoms with Gasteiger partial charge in [0.2, 0.25) is 6.10 Å². The highest BCUT2D eigenvalue weighted by Crippen LogP contribution is 2.39. The van der Waals surface area contributed by atoms with E-state index in [2.05, 4.69) is 0 Å². The number of carbonyl (C=O) groups excluding carboxylic acids is 1. The number of esters is 1. The fourth-order valence-electron chi connectivity index (χ4n) is 2.08. The molecule has 1 N–H and O–H groups in total. The molecular formula is C17H17ClO5. The number of aliphatic hydroxyl groups excluding tert-OH is 1. The van der Waals surface area contributed by atoms with Gasteiger partial charge >= 0.3 is 5.97 Å². The van der Waals surface area contributed by atoms with Crippen molar-refractivity contribution in [3.05, 3.63) is 58.6 Å². The molecular weight excluding hydrogens is 320 g/mol. The second-order valence-electron chi connectivity index (χ2n) is 4.70. The van der Waals surface area contributed by atoms with Crippen LogP contribution >= 0.6 is 11.6 Å². The molecule has 0 heterocycles. The third-order valence-electron chi connectivity index (χ3n) is 3.23. The summed E-state index contributed by atoms with van der Waals surface area (Å²) in [5.41, 5.74) is 1.21. The first kappa shape index (κ1) is 17.1. The van der Waals surface area contributed by atoms with Crippen molar-refractivity contribution in [2.45, 2.75) is 12.7 Å². The fourth-order valence-corrected chi connectivity index (χ4v) is 2.36. The van der Waals surface area contributed by atoms with Gasteiger partial charge in [-0.25, -0.2) is 4.79 Å². The minimum absolute atomic E-state index is 0.185. The first-order valence-corrected chi connectivity index (χ1v) is 7.25. The number of hydrogen-bond acceptors (Lipinski definition) is 5. The zero-order valence-corrected chi connectivity index (χ0v) is 13.5. The van der Waals surface area contributed by atoms with Crippen molar-refractivity contribution in [3.8, 4) is 11.5 Å².